The summed E-state index contributed by atoms with van der Waals surface area (Å²) in [6.45, 7) is 4.03. The van der Waals surface area contributed by atoms with Gasteiger partial charge in [0, 0.05) is 28.3 Å². The highest BCUT2D eigenvalue weighted by atomic mass is 16.2. The number of amides is 2. The first kappa shape index (κ1) is 18.2. The van der Waals surface area contributed by atoms with Gasteiger partial charge in [-0.25, -0.2) is 4.98 Å². The summed E-state index contributed by atoms with van der Waals surface area (Å²) in [6.07, 6.45) is 1.78. The highest BCUT2D eigenvalue weighted by Crippen LogP contribution is 2.18. The van der Waals surface area contributed by atoms with E-state index in [-0.39, 0.29) is 12.5 Å². The summed E-state index contributed by atoms with van der Waals surface area (Å²) in [5, 5.41) is 5.74. The molecular weight excluding hydrogens is 342 g/mol. The molecule has 0 bridgehead atoms. The van der Waals surface area contributed by atoms with Crippen LogP contribution in [0.25, 0.3) is 5.69 Å². The molecule has 0 atom stereocenters. The molecule has 4 N–H and O–H groups in total. The molecule has 1 aromatic heterocycles. The Balaban J connectivity index is 1.65. The van der Waals surface area contributed by atoms with Crippen LogP contribution in [0.5, 0.6) is 0 Å². The van der Waals surface area contributed by atoms with Gasteiger partial charge in [0.05, 0.1) is 18.6 Å². The van der Waals surface area contributed by atoms with Crippen molar-refractivity contribution in [1.82, 2.24) is 9.55 Å². The maximum absolute atomic E-state index is 12.4. The molecule has 27 heavy (non-hydrogen) atoms. The third-order valence-electron chi connectivity index (χ3n) is 4.27. The van der Waals surface area contributed by atoms with Crippen molar-refractivity contribution >= 4 is 23.2 Å². The van der Waals surface area contributed by atoms with E-state index in [0.29, 0.717) is 11.3 Å². The first-order valence-electron chi connectivity index (χ1n) is 8.48. The molecule has 0 aliphatic rings. The van der Waals surface area contributed by atoms with Crippen molar-refractivity contribution in [2.24, 2.45) is 5.73 Å². The standard InChI is InChI=1S/C20H21N5O2/c1-13-14(2)25(12-23-13)18-9-7-17(8-10-18)24-20(27)15-3-5-16(6-4-15)22-11-19(21)26/h3-10,12,22H,11H2,1-2H3,(H2,21,26)(H,24,27). The van der Waals surface area contributed by atoms with Gasteiger partial charge in [0.25, 0.3) is 5.91 Å². The lowest BCUT2D eigenvalue weighted by molar-refractivity contribution is -0.116. The number of hydrogen-bond acceptors (Lipinski definition) is 4. The van der Waals surface area contributed by atoms with Crippen molar-refractivity contribution in [3.8, 4) is 5.69 Å². The summed E-state index contributed by atoms with van der Waals surface area (Å²) in [4.78, 5) is 27.5. The molecule has 2 aromatic carbocycles. The van der Waals surface area contributed by atoms with Gasteiger partial charge in [0.15, 0.2) is 0 Å². The number of carbonyl (C=O) groups excluding carboxylic acids is 2. The quantitative estimate of drug-likeness (QED) is 0.626. The average molecular weight is 363 g/mol. The van der Waals surface area contributed by atoms with E-state index in [1.165, 1.54) is 0 Å². The van der Waals surface area contributed by atoms with E-state index in [1.807, 2.05) is 42.7 Å². The Kier molecular flexibility index (Phi) is 5.21. The van der Waals surface area contributed by atoms with Gasteiger partial charge in [-0.3, -0.25) is 9.59 Å². The van der Waals surface area contributed by atoms with Crippen molar-refractivity contribution in [1.29, 1.82) is 0 Å². The predicted octanol–water partition coefficient (Wildman–Crippen LogP) is 2.64. The van der Waals surface area contributed by atoms with Crippen molar-refractivity contribution in [3.63, 3.8) is 0 Å². The van der Waals surface area contributed by atoms with Crippen LogP contribution in [0.15, 0.2) is 54.9 Å². The number of imidazole rings is 1. The van der Waals surface area contributed by atoms with Crippen LogP contribution in [0, 0.1) is 13.8 Å². The van der Waals surface area contributed by atoms with Gasteiger partial charge >= 0.3 is 0 Å². The van der Waals surface area contributed by atoms with Crippen molar-refractivity contribution in [2.45, 2.75) is 13.8 Å². The van der Waals surface area contributed by atoms with Gasteiger partial charge in [-0.2, -0.15) is 0 Å². The lowest BCUT2D eigenvalue weighted by Gasteiger charge is -2.09. The fourth-order valence-electron chi connectivity index (χ4n) is 2.60. The topological polar surface area (TPSA) is 102 Å². The van der Waals surface area contributed by atoms with Crippen molar-refractivity contribution < 1.29 is 9.59 Å². The van der Waals surface area contributed by atoms with E-state index < -0.39 is 5.91 Å². The number of nitrogens with two attached hydrogens (primary N) is 1. The number of hydrogen-bond donors (Lipinski definition) is 3. The average Bonchev–Trinajstić information content (AvgIpc) is 3.00. The monoisotopic (exact) mass is 363 g/mol. The Bertz CT molecular complexity index is 959. The molecule has 138 valence electrons. The second-order valence-electron chi connectivity index (χ2n) is 6.18. The smallest absolute Gasteiger partial charge is 0.255 e. The summed E-state index contributed by atoms with van der Waals surface area (Å²) in [5.41, 5.74) is 10.1. The molecule has 0 saturated carbocycles. The van der Waals surface area contributed by atoms with Gasteiger partial charge < -0.3 is 20.9 Å². The third-order valence-corrected chi connectivity index (χ3v) is 4.27. The van der Waals surface area contributed by atoms with Crippen molar-refractivity contribution in [3.05, 3.63) is 71.8 Å². The second kappa shape index (κ2) is 7.74. The SMILES string of the molecule is Cc1ncn(-c2ccc(NC(=O)c3ccc(NCC(N)=O)cc3)cc2)c1C. The Morgan fingerprint density at radius 1 is 1.00 bits per heavy atom. The van der Waals surface area contributed by atoms with E-state index >= 15 is 0 Å². The highest BCUT2D eigenvalue weighted by Gasteiger charge is 2.08. The predicted molar refractivity (Wildman–Crippen MR) is 105 cm³/mol. The minimum atomic E-state index is -0.443. The number of nitrogens with zero attached hydrogens (tertiary/aromatic N) is 2. The summed E-state index contributed by atoms with van der Waals surface area (Å²) < 4.78 is 2.00. The molecule has 0 unspecified atom stereocenters. The number of rotatable bonds is 6. The maximum Gasteiger partial charge on any atom is 0.255 e. The summed E-state index contributed by atoms with van der Waals surface area (Å²) in [6, 6.07) is 14.4. The van der Waals surface area contributed by atoms with Gasteiger partial charge in [0.1, 0.15) is 0 Å². The molecule has 3 rings (SSSR count). The first-order chi connectivity index (χ1) is 12.9. The van der Waals surface area contributed by atoms with E-state index in [2.05, 4.69) is 15.6 Å². The van der Waals surface area contributed by atoms with Crippen LogP contribution >= 0.6 is 0 Å². The Labute approximate surface area is 157 Å². The van der Waals surface area contributed by atoms with Crippen LogP contribution in [-0.4, -0.2) is 27.9 Å². The van der Waals surface area contributed by atoms with Gasteiger partial charge in [-0.1, -0.05) is 0 Å². The van der Waals surface area contributed by atoms with E-state index in [0.717, 1.165) is 22.8 Å². The van der Waals surface area contributed by atoms with Crippen LogP contribution in [0.1, 0.15) is 21.7 Å². The number of primary amides is 1. The van der Waals surface area contributed by atoms with Crippen molar-refractivity contribution in [2.75, 3.05) is 17.2 Å². The zero-order chi connectivity index (χ0) is 19.4. The highest BCUT2D eigenvalue weighted by molar-refractivity contribution is 6.04. The van der Waals surface area contributed by atoms with Gasteiger partial charge in [-0.15, -0.1) is 0 Å². The Morgan fingerprint density at radius 3 is 2.19 bits per heavy atom. The normalized spacial score (nSPS) is 10.4. The van der Waals surface area contributed by atoms with Gasteiger partial charge in [0.2, 0.25) is 5.91 Å². The fraction of sp³-hybridized carbons (Fsp3) is 0.150. The minimum absolute atomic E-state index is 0.0494. The fourth-order valence-corrected chi connectivity index (χ4v) is 2.60. The van der Waals surface area contributed by atoms with Crippen LogP contribution < -0.4 is 16.4 Å². The summed E-state index contributed by atoms with van der Waals surface area (Å²) in [7, 11) is 0. The van der Waals surface area contributed by atoms with E-state index in [9.17, 15) is 9.59 Å². The lowest BCUT2D eigenvalue weighted by atomic mass is 10.2. The van der Waals surface area contributed by atoms with Crippen LogP contribution in [0.2, 0.25) is 0 Å². The molecule has 0 spiro atoms. The molecule has 7 heteroatoms. The molecular formula is C20H21N5O2. The zero-order valence-corrected chi connectivity index (χ0v) is 15.2. The molecule has 7 nitrogen and oxygen atoms in total. The molecule has 0 radical (unpaired) electrons. The van der Waals surface area contributed by atoms with Gasteiger partial charge in [-0.05, 0) is 62.4 Å². The summed E-state index contributed by atoms with van der Waals surface area (Å²) in [5.74, 6) is -0.653. The van der Waals surface area contributed by atoms with E-state index in [1.54, 1.807) is 30.6 Å². The number of benzene rings is 2. The minimum Gasteiger partial charge on any atom is -0.376 e. The van der Waals surface area contributed by atoms with E-state index in [4.69, 9.17) is 5.73 Å². The Morgan fingerprint density at radius 2 is 1.63 bits per heavy atom. The maximum atomic E-state index is 12.4. The largest absolute Gasteiger partial charge is 0.376 e. The molecule has 0 fully saturated rings. The number of anilines is 2. The second-order valence-corrected chi connectivity index (χ2v) is 6.18. The summed E-state index contributed by atoms with van der Waals surface area (Å²) >= 11 is 0. The zero-order valence-electron chi connectivity index (χ0n) is 15.2. The molecule has 3 aromatic rings. The molecule has 2 amide bonds. The number of aromatic nitrogens is 2. The number of carbonyl (C=O) groups is 2. The number of aryl methyl sites for hydroxylation is 1. The Hall–Kier alpha value is -3.61. The van der Waals surface area contributed by atoms with Crippen LogP contribution in [0.3, 0.4) is 0 Å². The first-order valence-corrected chi connectivity index (χ1v) is 8.48. The lowest BCUT2D eigenvalue weighted by Crippen LogP contribution is -2.21. The molecule has 1 heterocycles. The molecule has 0 aliphatic heterocycles. The number of nitrogens with one attached hydrogen (secondary N) is 2. The third kappa shape index (κ3) is 4.33. The van der Waals surface area contributed by atoms with Crippen LogP contribution in [0.4, 0.5) is 11.4 Å². The molecule has 0 saturated heterocycles. The molecule has 0 aliphatic carbocycles. The van der Waals surface area contributed by atoms with Crippen LogP contribution in [-0.2, 0) is 4.79 Å².